The van der Waals surface area contributed by atoms with Crippen LogP contribution in [0.4, 0.5) is 5.69 Å². The monoisotopic (exact) mass is 521 g/mol. The van der Waals surface area contributed by atoms with Gasteiger partial charge in [0.25, 0.3) is 5.56 Å². The normalized spacial score (nSPS) is 11.5. The van der Waals surface area contributed by atoms with Crippen LogP contribution in [0.15, 0.2) is 78.9 Å². The standard InChI is InChI=1S/C21H20BrN3O4S2/c1-13(2)14-3-9-17(10-4-14)31(28,29)18-11-23-21(25-20(18)27)30-12-19(26)24-16-7-5-15(22)6-8-16/h3-11,13H,12H2,1-2H3,(H,24,26)(H,23,25,27). The van der Waals surface area contributed by atoms with Gasteiger partial charge in [-0.25, -0.2) is 13.4 Å². The van der Waals surface area contributed by atoms with Crippen molar-refractivity contribution in [3.05, 3.63) is 75.1 Å². The minimum Gasteiger partial charge on any atom is -0.325 e. The number of rotatable bonds is 7. The largest absolute Gasteiger partial charge is 0.325 e. The Kier molecular flexibility index (Phi) is 7.34. The number of nitrogens with zero attached hydrogens (tertiary/aromatic N) is 1. The fraction of sp³-hybridized carbons (Fsp3) is 0.190. The predicted octanol–water partition coefficient (Wildman–Crippen LogP) is 4.22. The molecule has 162 valence electrons. The second kappa shape index (κ2) is 9.80. The number of aromatic nitrogens is 2. The van der Waals surface area contributed by atoms with E-state index < -0.39 is 20.3 Å². The van der Waals surface area contributed by atoms with E-state index in [1.165, 1.54) is 12.1 Å². The van der Waals surface area contributed by atoms with Gasteiger partial charge in [-0.3, -0.25) is 9.59 Å². The molecule has 0 bridgehead atoms. The number of nitrogens with one attached hydrogen (secondary N) is 2. The first-order chi connectivity index (χ1) is 14.7. The number of hydrogen-bond donors (Lipinski definition) is 2. The van der Waals surface area contributed by atoms with Gasteiger partial charge in [0.1, 0.15) is 0 Å². The molecule has 0 saturated heterocycles. The van der Waals surface area contributed by atoms with Gasteiger partial charge in [-0.15, -0.1) is 0 Å². The summed E-state index contributed by atoms with van der Waals surface area (Å²) >= 11 is 4.32. The van der Waals surface area contributed by atoms with Crippen LogP contribution in [-0.2, 0) is 14.6 Å². The van der Waals surface area contributed by atoms with Gasteiger partial charge in [-0.2, -0.15) is 0 Å². The summed E-state index contributed by atoms with van der Waals surface area (Å²) in [5.41, 5.74) is 0.859. The SMILES string of the molecule is CC(C)c1ccc(S(=O)(=O)c2cnc(SCC(=O)Nc3ccc(Br)cc3)[nH]c2=O)cc1. The van der Waals surface area contributed by atoms with Gasteiger partial charge >= 0.3 is 0 Å². The van der Waals surface area contributed by atoms with E-state index in [0.717, 1.165) is 28.0 Å². The lowest BCUT2D eigenvalue weighted by atomic mass is 10.0. The molecule has 0 aliphatic heterocycles. The summed E-state index contributed by atoms with van der Waals surface area (Å²) in [6, 6.07) is 13.5. The number of thioether (sulfide) groups is 1. The summed E-state index contributed by atoms with van der Waals surface area (Å²) in [6.45, 7) is 4.02. The van der Waals surface area contributed by atoms with E-state index in [9.17, 15) is 18.0 Å². The molecule has 2 N–H and O–H groups in total. The summed E-state index contributed by atoms with van der Waals surface area (Å²) < 4.78 is 26.5. The zero-order valence-corrected chi connectivity index (χ0v) is 20.0. The fourth-order valence-electron chi connectivity index (χ4n) is 2.65. The number of anilines is 1. The average Bonchev–Trinajstić information content (AvgIpc) is 2.74. The minimum atomic E-state index is -4.00. The van der Waals surface area contributed by atoms with E-state index in [2.05, 4.69) is 31.2 Å². The molecule has 3 rings (SSSR count). The van der Waals surface area contributed by atoms with Crippen LogP contribution in [0.2, 0.25) is 0 Å². The number of carbonyl (C=O) groups is 1. The Balaban J connectivity index is 1.69. The first-order valence-corrected chi connectivity index (χ1v) is 12.6. The maximum atomic E-state index is 12.8. The molecule has 0 unspecified atom stereocenters. The Bertz CT molecular complexity index is 1240. The molecular formula is C21H20BrN3O4S2. The number of benzene rings is 2. The van der Waals surface area contributed by atoms with Gasteiger partial charge in [-0.05, 0) is 47.9 Å². The summed E-state index contributed by atoms with van der Waals surface area (Å²) in [4.78, 5) is 30.5. The molecule has 1 amide bonds. The van der Waals surface area contributed by atoms with Gasteiger partial charge in [0.2, 0.25) is 15.7 Å². The second-order valence-corrected chi connectivity index (χ2v) is 10.8. The molecule has 0 atom stereocenters. The van der Waals surface area contributed by atoms with Crippen molar-refractivity contribution in [3.63, 3.8) is 0 Å². The second-order valence-electron chi connectivity index (χ2n) is 6.95. The lowest BCUT2D eigenvalue weighted by Gasteiger charge is -2.08. The average molecular weight is 522 g/mol. The molecule has 3 aromatic rings. The number of H-pyrrole nitrogens is 1. The maximum absolute atomic E-state index is 12.8. The van der Waals surface area contributed by atoms with Gasteiger partial charge < -0.3 is 10.3 Å². The number of halogens is 1. The van der Waals surface area contributed by atoms with Crippen LogP contribution in [-0.4, -0.2) is 30.0 Å². The topological polar surface area (TPSA) is 109 Å². The number of carbonyl (C=O) groups excluding carboxylic acids is 1. The Hall–Kier alpha value is -2.43. The Labute approximate surface area is 192 Å². The Morgan fingerprint density at radius 2 is 1.77 bits per heavy atom. The molecule has 0 fully saturated rings. The lowest BCUT2D eigenvalue weighted by molar-refractivity contribution is -0.113. The molecule has 2 aromatic carbocycles. The van der Waals surface area contributed by atoms with Crippen molar-refractivity contribution in [2.45, 2.75) is 34.7 Å². The van der Waals surface area contributed by atoms with Gasteiger partial charge in [0.15, 0.2) is 10.1 Å². The first-order valence-electron chi connectivity index (χ1n) is 9.29. The maximum Gasteiger partial charge on any atom is 0.270 e. The molecule has 1 aromatic heterocycles. The highest BCUT2D eigenvalue weighted by atomic mass is 79.9. The van der Waals surface area contributed by atoms with E-state index in [1.54, 1.807) is 36.4 Å². The van der Waals surface area contributed by atoms with Gasteiger partial charge in [0.05, 0.1) is 16.8 Å². The molecule has 0 spiro atoms. The molecule has 0 aliphatic rings. The van der Waals surface area contributed by atoms with E-state index in [1.807, 2.05) is 13.8 Å². The van der Waals surface area contributed by atoms with E-state index in [4.69, 9.17) is 0 Å². The van der Waals surface area contributed by atoms with Crippen molar-refractivity contribution in [2.75, 3.05) is 11.1 Å². The molecule has 7 nitrogen and oxygen atoms in total. The number of sulfone groups is 1. The zero-order chi connectivity index (χ0) is 22.6. The molecule has 0 aliphatic carbocycles. The zero-order valence-electron chi connectivity index (χ0n) is 16.8. The fourth-order valence-corrected chi connectivity index (χ4v) is 4.79. The number of hydrogen-bond acceptors (Lipinski definition) is 6. The highest BCUT2D eigenvalue weighted by Crippen LogP contribution is 2.22. The van der Waals surface area contributed by atoms with Crippen LogP contribution < -0.4 is 10.9 Å². The molecule has 0 saturated carbocycles. The summed E-state index contributed by atoms with van der Waals surface area (Å²) in [5.74, 6) is -0.0158. The third-order valence-corrected chi connectivity index (χ3v) is 7.54. The molecule has 10 heteroatoms. The van der Waals surface area contributed by atoms with E-state index in [-0.39, 0.29) is 27.6 Å². The van der Waals surface area contributed by atoms with E-state index >= 15 is 0 Å². The number of amides is 1. The van der Waals surface area contributed by atoms with Crippen LogP contribution in [0, 0.1) is 0 Å². The van der Waals surface area contributed by atoms with Crippen LogP contribution in [0.1, 0.15) is 25.3 Å². The number of aromatic amines is 1. The van der Waals surface area contributed by atoms with Gasteiger partial charge in [0, 0.05) is 10.2 Å². The van der Waals surface area contributed by atoms with Crippen molar-refractivity contribution >= 4 is 49.1 Å². The highest BCUT2D eigenvalue weighted by molar-refractivity contribution is 9.10. The van der Waals surface area contributed by atoms with Crippen molar-refractivity contribution in [2.24, 2.45) is 0 Å². The van der Waals surface area contributed by atoms with Crippen LogP contribution >= 0.6 is 27.7 Å². The van der Waals surface area contributed by atoms with Crippen molar-refractivity contribution in [3.8, 4) is 0 Å². The summed E-state index contributed by atoms with van der Waals surface area (Å²) in [7, 11) is -4.00. The minimum absolute atomic E-state index is 0.00175. The molecule has 1 heterocycles. The molecule has 0 radical (unpaired) electrons. The lowest BCUT2D eigenvalue weighted by Crippen LogP contribution is -2.20. The quantitative estimate of drug-likeness (QED) is 0.355. The summed E-state index contributed by atoms with van der Waals surface area (Å²) in [6.07, 6.45) is 1.03. The van der Waals surface area contributed by atoms with Crippen LogP contribution in [0.5, 0.6) is 0 Å². The van der Waals surface area contributed by atoms with Crippen molar-refractivity contribution in [1.29, 1.82) is 0 Å². The van der Waals surface area contributed by atoms with Gasteiger partial charge in [-0.1, -0.05) is 53.7 Å². The highest BCUT2D eigenvalue weighted by Gasteiger charge is 2.22. The smallest absolute Gasteiger partial charge is 0.270 e. The Morgan fingerprint density at radius 1 is 1.13 bits per heavy atom. The van der Waals surface area contributed by atoms with Crippen molar-refractivity contribution < 1.29 is 13.2 Å². The van der Waals surface area contributed by atoms with Crippen LogP contribution in [0.25, 0.3) is 0 Å². The third kappa shape index (κ3) is 5.84. The van der Waals surface area contributed by atoms with Crippen molar-refractivity contribution in [1.82, 2.24) is 9.97 Å². The molecular weight excluding hydrogens is 502 g/mol. The predicted molar refractivity (Wildman–Crippen MR) is 124 cm³/mol. The van der Waals surface area contributed by atoms with E-state index in [0.29, 0.717) is 5.69 Å². The Morgan fingerprint density at radius 3 is 2.35 bits per heavy atom. The molecule has 31 heavy (non-hydrogen) atoms. The third-order valence-electron chi connectivity index (χ3n) is 4.36. The first kappa shape index (κ1) is 23.2. The van der Waals surface area contributed by atoms with Crippen LogP contribution in [0.3, 0.4) is 0 Å². The summed E-state index contributed by atoms with van der Waals surface area (Å²) in [5, 5.41) is 2.88.